The van der Waals surface area contributed by atoms with Gasteiger partial charge >= 0.3 is 5.97 Å². The summed E-state index contributed by atoms with van der Waals surface area (Å²) in [7, 11) is 1.85. The fourth-order valence-corrected chi connectivity index (χ4v) is 3.81. The molecule has 1 aromatic carbocycles. The molecule has 2 aliphatic carbocycles. The van der Waals surface area contributed by atoms with Gasteiger partial charge < -0.3 is 15.7 Å². The third-order valence-electron chi connectivity index (χ3n) is 5.31. The van der Waals surface area contributed by atoms with Crippen molar-refractivity contribution in [2.45, 2.75) is 38.6 Å². The predicted octanol–water partition coefficient (Wildman–Crippen LogP) is 2.38. The van der Waals surface area contributed by atoms with E-state index in [0.717, 1.165) is 30.5 Å². The lowest BCUT2D eigenvalue weighted by molar-refractivity contribution is -0.181. The Morgan fingerprint density at radius 3 is 2.27 bits per heavy atom. The molecule has 3 rings (SSSR count). The van der Waals surface area contributed by atoms with Crippen molar-refractivity contribution in [2.75, 3.05) is 12.4 Å². The Bertz CT molecular complexity index is 582. The highest BCUT2D eigenvalue weighted by Gasteiger charge is 2.64. The SMILES string of the molecule is CNc1ccc(CNC(=O)C2(C(=O)O)CC3(CCC3)C2)cc1. The van der Waals surface area contributed by atoms with E-state index in [1.54, 1.807) is 0 Å². The minimum atomic E-state index is -1.20. The van der Waals surface area contributed by atoms with Crippen LogP contribution in [0.1, 0.15) is 37.7 Å². The first-order valence-corrected chi connectivity index (χ1v) is 7.78. The summed E-state index contributed by atoms with van der Waals surface area (Å²) in [6, 6.07) is 7.71. The molecule has 0 saturated heterocycles. The molecular formula is C17H22N2O3. The van der Waals surface area contributed by atoms with Crippen LogP contribution < -0.4 is 10.6 Å². The summed E-state index contributed by atoms with van der Waals surface area (Å²) >= 11 is 0. The quantitative estimate of drug-likeness (QED) is 0.730. The van der Waals surface area contributed by atoms with E-state index in [-0.39, 0.29) is 11.3 Å². The van der Waals surface area contributed by atoms with Crippen molar-refractivity contribution in [3.63, 3.8) is 0 Å². The van der Waals surface area contributed by atoms with E-state index in [2.05, 4.69) is 10.6 Å². The predicted molar refractivity (Wildman–Crippen MR) is 83.4 cm³/mol. The van der Waals surface area contributed by atoms with Crippen molar-refractivity contribution < 1.29 is 14.7 Å². The summed E-state index contributed by atoms with van der Waals surface area (Å²) in [6.07, 6.45) is 4.30. The molecule has 0 heterocycles. The van der Waals surface area contributed by atoms with Gasteiger partial charge in [-0.3, -0.25) is 9.59 Å². The van der Waals surface area contributed by atoms with Crippen LogP contribution in [0.3, 0.4) is 0 Å². The van der Waals surface area contributed by atoms with E-state index in [4.69, 9.17) is 0 Å². The average Bonchev–Trinajstić information content (AvgIpc) is 2.42. The van der Waals surface area contributed by atoms with Crippen LogP contribution in [0, 0.1) is 10.8 Å². The number of benzene rings is 1. The Balaban J connectivity index is 1.61. The minimum Gasteiger partial charge on any atom is -0.480 e. The molecule has 118 valence electrons. The van der Waals surface area contributed by atoms with Gasteiger partial charge in [0.05, 0.1) is 0 Å². The van der Waals surface area contributed by atoms with Gasteiger partial charge in [0.2, 0.25) is 5.91 Å². The normalized spacial score (nSPS) is 20.6. The van der Waals surface area contributed by atoms with Gasteiger partial charge in [0.1, 0.15) is 5.41 Å². The molecule has 0 aliphatic heterocycles. The highest BCUT2D eigenvalue weighted by molar-refractivity contribution is 6.03. The molecule has 22 heavy (non-hydrogen) atoms. The molecule has 0 unspecified atom stereocenters. The second-order valence-electron chi connectivity index (χ2n) is 6.72. The van der Waals surface area contributed by atoms with Crippen LogP contribution in [0.5, 0.6) is 0 Å². The van der Waals surface area contributed by atoms with Gasteiger partial charge in [-0.05, 0) is 48.8 Å². The van der Waals surface area contributed by atoms with Crippen LogP contribution in [0.25, 0.3) is 0 Å². The number of carboxylic acids is 1. The first kappa shape index (κ1) is 14.9. The fraction of sp³-hybridized carbons (Fsp3) is 0.529. The largest absolute Gasteiger partial charge is 0.480 e. The van der Waals surface area contributed by atoms with Crippen LogP contribution in [-0.4, -0.2) is 24.0 Å². The van der Waals surface area contributed by atoms with Gasteiger partial charge in [-0.2, -0.15) is 0 Å². The smallest absolute Gasteiger partial charge is 0.319 e. The molecule has 0 radical (unpaired) electrons. The molecule has 0 bridgehead atoms. The maximum atomic E-state index is 12.4. The second-order valence-corrected chi connectivity index (χ2v) is 6.72. The lowest BCUT2D eigenvalue weighted by Crippen LogP contribution is -2.61. The van der Waals surface area contributed by atoms with Crippen LogP contribution in [0.4, 0.5) is 5.69 Å². The van der Waals surface area contributed by atoms with Crippen LogP contribution in [-0.2, 0) is 16.1 Å². The minimum absolute atomic E-state index is 0.143. The number of carbonyl (C=O) groups excluding carboxylic acids is 1. The Morgan fingerprint density at radius 1 is 1.18 bits per heavy atom. The lowest BCUT2D eigenvalue weighted by Gasteiger charge is -2.58. The number of aliphatic carboxylic acids is 1. The van der Waals surface area contributed by atoms with Crippen molar-refractivity contribution in [1.82, 2.24) is 5.32 Å². The maximum absolute atomic E-state index is 12.4. The number of hydrogen-bond donors (Lipinski definition) is 3. The molecule has 2 fully saturated rings. The third kappa shape index (κ3) is 2.34. The van der Waals surface area contributed by atoms with Crippen LogP contribution >= 0.6 is 0 Å². The molecule has 2 saturated carbocycles. The number of carbonyl (C=O) groups is 2. The van der Waals surface area contributed by atoms with Crippen molar-refractivity contribution in [3.05, 3.63) is 29.8 Å². The molecule has 5 nitrogen and oxygen atoms in total. The number of nitrogens with one attached hydrogen (secondary N) is 2. The van der Waals surface area contributed by atoms with Crippen LogP contribution in [0.2, 0.25) is 0 Å². The Hall–Kier alpha value is -2.04. The number of hydrogen-bond acceptors (Lipinski definition) is 3. The molecule has 1 aromatic rings. The van der Waals surface area contributed by atoms with Crippen molar-refractivity contribution in [2.24, 2.45) is 10.8 Å². The number of rotatable bonds is 5. The van der Waals surface area contributed by atoms with E-state index in [1.165, 1.54) is 0 Å². The van der Waals surface area contributed by atoms with Crippen LogP contribution in [0.15, 0.2) is 24.3 Å². The highest BCUT2D eigenvalue weighted by Crippen LogP contribution is 2.64. The molecule has 0 atom stereocenters. The monoisotopic (exact) mass is 302 g/mol. The van der Waals surface area contributed by atoms with Gasteiger partial charge in [0, 0.05) is 19.3 Å². The third-order valence-corrected chi connectivity index (χ3v) is 5.31. The second kappa shape index (κ2) is 5.30. The summed E-state index contributed by atoms with van der Waals surface area (Å²) < 4.78 is 0. The Morgan fingerprint density at radius 2 is 1.82 bits per heavy atom. The van der Waals surface area contributed by atoms with E-state index < -0.39 is 11.4 Å². The molecule has 2 aliphatic rings. The zero-order valence-electron chi connectivity index (χ0n) is 12.8. The van der Waals surface area contributed by atoms with E-state index in [0.29, 0.717) is 19.4 Å². The number of anilines is 1. The summed E-state index contributed by atoms with van der Waals surface area (Å²) in [6.45, 7) is 0.366. The number of carboxylic acid groups (broad SMARTS) is 1. The highest BCUT2D eigenvalue weighted by atomic mass is 16.4. The zero-order chi connectivity index (χ0) is 15.8. The van der Waals surface area contributed by atoms with Gasteiger partial charge in [0.15, 0.2) is 0 Å². The molecule has 0 aromatic heterocycles. The first-order valence-electron chi connectivity index (χ1n) is 7.78. The number of amides is 1. The van der Waals surface area contributed by atoms with Crippen molar-refractivity contribution >= 4 is 17.6 Å². The van der Waals surface area contributed by atoms with E-state index in [1.807, 2.05) is 31.3 Å². The summed E-state index contributed by atoms with van der Waals surface area (Å²) in [5.74, 6) is -1.32. The maximum Gasteiger partial charge on any atom is 0.319 e. The Kier molecular flexibility index (Phi) is 3.59. The van der Waals surface area contributed by atoms with Gasteiger partial charge in [-0.25, -0.2) is 0 Å². The van der Waals surface area contributed by atoms with Crippen molar-refractivity contribution in [3.8, 4) is 0 Å². The molecule has 5 heteroatoms. The topological polar surface area (TPSA) is 78.4 Å². The van der Waals surface area contributed by atoms with Gasteiger partial charge in [-0.1, -0.05) is 18.6 Å². The van der Waals surface area contributed by atoms with Crippen molar-refractivity contribution in [1.29, 1.82) is 0 Å². The van der Waals surface area contributed by atoms with Gasteiger partial charge in [0.25, 0.3) is 0 Å². The summed E-state index contributed by atoms with van der Waals surface area (Å²) in [5.41, 5.74) is 0.906. The Labute approximate surface area is 130 Å². The van der Waals surface area contributed by atoms with E-state index >= 15 is 0 Å². The first-order chi connectivity index (χ1) is 10.5. The summed E-state index contributed by atoms with van der Waals surface area (Å²) in [5, 5.41) is 15.3. The summed E-state index contributed by atoms with van der Waals surface area (Å²) in [4.78, 5) is 24.0. The molecular weight excluding hydrogens is 280 g/mol. The molecule has 1 spiro atoms. The molecule has 3 N–H and O–H groups in total. The zero-order valence-corrected chi connectivity index (χ0v) is 12.8. The average molecular weight is 302 g/mol. The van der Waals surface area contributed by atoms with E-state index in [9.17, 15) is 14.7 Å². The van der Waals surface area contributed by atoms with Gasteiger partial charge in [-0.15, -0.1) is 0 Å². The lowest BCUT2D eigenvalue weighted by atomic mass is 9.45. The fourth-order valence-electron chi connectivity index (χ4n) is 3.81. The molecule has 1 amide bonds. The standard InChI is InChI=1S/C17H22N2O3/c1-18-13-5-3-12(4-6-13)9-19-14(20)17(15(21)22)10-16(11-17)7-2-8-16/h3-6,18H,2,7-11H2,1H3,(H,19,20)(H,21,22).